The van der Waals surface area contributed by atoms with Gasteiger partial charge in [0.15, 0.2) is 0 Å². The quantitative estimate of drug-likeness (QED) is 0.638. The molecule has 1 aromatic carbocycles. The van der Waals surface area contributed by atoms with Crippen molar-refractivity contribution in [3.05, 3.63) is 33.9 Å². The number of nitro groups is 1. The molecule has 2 rings (SSSR count). The molecule has 0 saturated carbocycles. The number of nitrogens with one attached hydrogen (secondary N) is 1. The van der Waals surface area contributed by atoms with E-state index in [4.69, 9.17) is 0 Å². The smallest absolute Gasteiger partial charge is 0.311 e. The molecule has 1 fully saturated rings. The number of hydrogen-bond acceptors (Lipinski definition) is 5. The average Bonchev–Trinajstić information content (AvgIpc) is 2.41. The van der Waals surface area contributed by atoms with E-state index in [9.17, 15) is 20.0 Å². The summed E-state index contributed by atoms with van der Waals surface area (Å²) in [6.45, 7) is 1.79. The molecule has 0 spiro atoms. The van der Waals surface area contributed by atoms with Crippen molar-refractivity contribution in [2.45, 2.75) is 18.9 Å². The number of nitrogens with zero attached hydrogens (tertiary/aromatic N) is 2. The Hall–Kier alpha value is -2.15. The highest BCUT2D eigenvalue weighted by Crippen LogP contribution is 2.29. The zero-order chi connectivity index (χ0) is 14.7. The second-order valence-electron chi connectivity index (χ2n) is 4.98. The molecule has 1 saturated heterocycles. The second-order valence-corrected chi connectivity index (χ2v) is 4.98. The van der Waals surface area contributed by atoms with Crippen LogP contribution in [0.5, 0.6) is 5.75 Å². The first-order valence-corrected chi connectivity index (χ1v) is 6.45. The predicted molar refractivity (Wildman–Crippen MR) is 72.7 cm³/mol. The largest absolute Gasteiger partial charge is 0.502 e. The third kappa shape index (κ3) is 3.05. The number of para-hydroxylation sites is 1. The van der Waals surface area contributed by atoms with Crippen LogP contribution < -0.4 is 5.32 Å². The van der Waals surface area contributed by atoms with Crippen LogP contribution in [0.15, 0.2) is 18.2 Å². The van der Waals surface area contributed by atoms with Gasteiger partial charge in [-0.2, -0.15) is 0 Å². The van der Waals surface area contributed by atoms with E-state index < -0.39 is 22.3 Å². The number of aromatic hydroxyl groups is 1. The lowest BCUT2D eigenvalue weighted by molar-refractivity contribution is -0.385. The molecule has 1 aliphatic rings. The van der Waals surface area contributed by atoms with E-state index >= 15 is 0 Å². The van der Waals surface area contributed by atoms with E-state index in [0.717, 1.165) is 25.9 Å². The van der Waals surface area contributed by atoms with Crippen molar-refractivity contribution in [3.63, 3.8) is 0 Å². The molecule has 0 bridgehead atoms. The first kappa shape index (κ1) is 14.3. The summed E-state index contributed by atoms with van der Waals surface area (Å²) in [6, 6.07) is 3.98. The van der Waals surface area contributed by atoms with E-state index in [0.29, 0.717) is 0 Å². The van der Waals surface area contributed by atoms with Gasteiger partial charge in [-0.25, -0.2) is 0 Å². The summed E-state index contributed by atoms with van der Waals surface area (Å²) < 4.78 is 0. The Balaban J connectivity index is 2.10. The van der Waals surface area contributed by atoms with Crippen LogP contribution in [0.4, 0.5) is 5.69 Å². The van der Waals surface area contributed by atoms with Crippen LogP contribution in [0.2, 0.25) is 0 Å². The first-order valence-electron chi connectivity index (χ1n) is 6.45. The topological polar surface area (TPSA) is 95.7 Å². The molecule has 7 nitrogen and oxygen atoms in total. The van der Waals surface area contributed by atoms with Gasteiger partial charge in [0.25, 0.3) is 5.91 Å². The van der Waals surface area contributed by atoms with Crippen LogP contribution in [0.25, 0.3) is 0 Å². The lowest BCUT2D eigenvalue weighted by Crippen LogP contribution is -2.43. The minimum atomic E-state index is -0.707. The van der Waals surface area contributed by atoms with E-state index in [1.165, 1.54) is 18.2 Å². The van der Waals surface area contributed by atoms with Gasteiger partial charge in [0, 0.05) is 12.1 Å². The van der Waals surface area contributed by atoms with Gasteiger partial charge in [-0.1, -0.05) is 6.07 Å². The van der Waals surface area contributed by atoms with E-state index in [1.54, 1.807) is 0 Å². The molecule has 0 aliphatic carbocycles. The lowest BCUT2D eigenvalue weighted by Gasteiger charge is -2.29. The van der Waals surface area contributed by atoms with Gasteiger partial charge >= 0.3 is 5.69 Å². The lowest BCUT2D eigenvalue weighted by atomic mass is 10.0. The Kier molecular flexibility index (Phi) is 4.19. The number of rotatable bonds is 3. The number of carbonyl (C=O) groups excluding carboxylic acids is 1. The molecule has 1 aliphatic heterocycles. The van der Waals surface area contributed by atoms with Gasteiger partial charge in [-0.05, 0) is 39.0 Å². The maximum atomic E-state index is 12.1. The molecule has 2 N–H and O–H groups in total. The highest BCUT2D eigenvalue weighted by Gasteiger charge is 2.24. The summed E-state index contributed by atoms with van der Waals surface area (Å²) in [5.74, 6) is -1.05. The monoisotopic (exact) mass is 279 g/mol. The molecule has 1 aromatic rings. The number of phenolic OH excluding ortho intramolecular Hbond substituents is 1. The summed E-state index contributed by atoms with van der Waals surface area (Å²) in [7, 11) is 2.02. The van der Waals surface area contributed by atoms with E-state index in [-0.39, 0.29) is 11.6 Å². The minimum absolute atomic E-state index is 0.0392. The SMILES string of the molecule is CN1CCC(NC(=O)c2cccc([N+](=O)[O-])c2O)CC1. The van der Waals surface area contributed by atoms with Crippen molar-refractivity contribution in [3.8, 4) is 5.75 Å². The fourth-order valence-corrected chi connectivity index (χ4v) is 2.28. The first-order chi connectivity index (χ1) is 9.49. The summed E-state index contributed by atoms with van der Waals surface area (Å²) in [6.07, 6.45) is 1.66. The van der Waals surface area contributed by atoms with Gasteiger partial charge in [0.05, 0.1) is 10.5 Å². The zero-order valence-corrected chi connectivity index (χ0v) is 11.2. The van der Waals surface area contributed by atoms with Crippen LogP contribution in [0.1, 0.15) is 23.2 Å². The zero-order valence-electron chi connectivity index (χ0n) is 11.2. The van der Waals surface area contributed by atoms with Gasteiger partial charge in [0.2, 0.25) is 5.75 Å². The van der Waals surface area contributed by atoms with Gasteiger partial charge in [-0.3, -0.25) is 14.9 Å². The van der Waals surface area contributed by atoms with Crippen LogP contribution in [-0.2, 0) is 0 Å². The van der Waals surface area contributed by atoms with Gasteiger partial charge in [-0.15, -0.1) is 0 Å². The Morgan fingerprint density at radius 1 is 1.45 bits per heavy atom. The number of benzene rings is 1. The molecule has 20 heavy (non-hydrogen) atoms. The minimum Gasteiger partial charge on any atom is -0.502 e. The summed E-state index contributed by atoms with van der Waals surface area (Å²) in [5, 5.41) is 23.3. The summed E-state index contributed by atoms with van der Waals surface area (Å²) >= 11 is 0. The average molecular weight is 279 g/mol. The second kappa shape index (κ2) is 5.87. The number of hydrogen-bond donors (Lipinski definition) is 2. The Bertz CT molecular complexity index is 524. The van der Waals surface area contributed by atoms with Crippen molar-refractivity contribution in [2.24, 2.45) is 0 Å². The fraction of sp³-hybridized carbons (Fsp3) is 0.462. The molecule has 0 atom stereocenters. The molecule has 1 heterocycles. The number of amides is 1. The third-order valence-electron chi connectivity index (χ3n) is 3.51. The van der Waals surface area contributed by atoms with Crippen LogP contribution >= 0.6 is 0 Å². The highest BCUT2D eigenvalue weighted by atomic mass is 16.6. The molecule has 1 amide bonds. The predicted octanol–water partition coefficient (Wildman–Crippen LogP) is 1.12. The standard InChI is InChI=1S/C13H17N3O4/c1-15-7-5-9(6-8-15)14-13(18)10-3-2-4-11(12(10)17)16(19)20/h2-4,9,17H,5-8H2,1H3,(H,14,18). The number of piperidine rings is 1. The van der Waals surface area contributed by atoms with Crippen molar-refractivity contribution in [2.75, 3.05) is 20.1 Å². The third-order valence-corrected chi connectivity index (χ3v) is 3.51. The van der Waals surface area contributed by atoms with Crippen LogP contribution in [0, 0.1) is 10.1 Å². The van der Waals surface area contributed by atoms with Crippen molar-refractivity contribution in [1.29, 1.82) is 0 Å². The van der Waals surface area contributed by atoms with Crippen LogP contribution in [-0.4, -0.2) is 47.0 Å². The highest BCUT2D eigenvalue weighted by molar-refractivity contribution is 5.98. The normalized spacial score (nSPS) is 16.9. The van der Waals surface area contributed by atoms with E-state index in [2.05, 4.69) is 10.2 Å². The molecular formula is C13H17N3O4. The maximum Gasteiger partial charge on any atom is 0.311 e. The molecular weight excluding hydrogens is 262 g/mol. The summed E-state index contributed by atoms with van der Waals surface area (Å²) in [5.41, 5.74) is -0.515. The fourth-order valence-electron chi connectivity index (χ4n) is 2.28. The van der Waals surface area contributed by atoms with Crippen molar-refractivity contribution in [1.82, 2.24) is 10.2 Å². The summed E-state index contributed by atoms with van der Waals surface area (Å²) in [4.78, 5) is 24.3. The molecule has 0 aromatic heterocycles. The molecule has 108 valence electrons. The molecule has 7 heteroatoms. The van der Waals surface area contributed by atoms with Crippen molar-refractivity contribution < 1.29 is 14.8 Å². The maximum absolute atomic E-state index is 12.1. The van der Waals surface area contributed by atoms with Crippen LogP contribution in [0.3, 0.4) is 0 Å². The van der Waals surface area contributed by atoms with Crippen molar-refractivity contribution >= 4 is 11.6 Å². The Morgan fingerprint density at radius 2 is 2.10 bits per heavy atom. The Labute approximate surface area is 116 Å². The number of likely N-dealkylation sites (tertiary alicyclic amines) is 1. The van der Waals surface area contributed by atoms with E-state index in [1.807, 2.05) is 7.05 Å². The number of carbonyl (C=O) groups is 1. The van der Waals surface area contributed by atoms with Gasteiger partial charge in [0.1, 0.15) is 0 Å². The molecule has 0 radical (unpaired) electrons. The Morgan fingerprint density at radius 3 is 2.70 bits per heavy atom. The molecule has 0 unspecified atom stereocenters. The number of phenols is 1. The number of nitro benzene ring substituents is 1. The van der Waals surface area contributed by atoms with Gasteiger partial charge < -0.3 is 15.3 Å².